The van der Waals surface area contributed by atoms with Gasteiger partial charge in [-0.3, -0.25) is 4.79 Å². The molecule has 0 amide bonds. The molecule has 0 saturated heterocycles. The quantitative estimate of drug-likeness (QED) is 0.538. The fourth-order valence-electron chi connectivity index (χ4n) is 1.30. The molecule has 0 aliphatic rings. The van der Waals surface area contributed by atoms with Gasteiger partial charge in [-0.1, -0.05) is 25.1 Å². The molecule has 0 saturated carbocycles. The molecule has 0 aliphatic carbocycles. The molecular formula is C13H18OS. The SMILES string of the molecule is CC(=O)C(C)CCCSc1ccccc1. The molecule has 0 N–H and O–H groups in total. The topological polar surface area (TPSA) is 17.1 Å². The highest BCUT2D eigenvalue weighted by Gasteiger charge is 2.06. The number of ketones is 1. The Kier molecular flexibility index (Phi) is 5.48. The van der Waals surface area contributed by atoms with Crippen LogP contribution >= 0.6 is 11.8 Å². The minimum absolute atomic E-state index is 0.223. The number of carbonyl (C=O) groups excluding carboxylic acids is 1. The monoisotopic (exact) mass is 222 g/mol. The molecule has 0 spiro atoms. The first kappa shape index (κ1) is 12.3. The lowest BCUT2D eigenvalue weighted by Crippen LogP contribution is -2.06. The Balaban J connectivity index is 2.15. The van der Waals surface area contributed by atoms with Crippen LogP contribution in [0.3, 0.4) is 0 Å². The van der Waals surface area contributed by atoms with E-state index < -0.39 is 0 Å². The van der Waals surface area contributed by atoms with Crippen LogP contribution in [-0.4, -0.2) is 11.5 Å². The summed E-state index contributed by atoms with van der Waals surface area (Å²) in [6.07, 6.45) is 2.12. The summed E-state index contributed by atoms with van der Waals surface area (Å²) in [4.78, 5) is 12.3. The molecule has 82 valence electrons. The highest BCUT2D eigenvalue weighted by atomic mass is 32.2. The van der Waals surface area contributed by atoms with Gasteiger partial charge in [0.25, 0.3) is 0 Å². The number of hydrogen-bond acceptors (Lipinski definition) is 2. The van der Waals surface area contributed by atoms with Gasteiger partial charge in [-0.2, -0.15) is 0 Å². The van der Waals surface area contributed by atoms with Crippen LogP contribution in [0, 0.1) is 5.92 Å². The molecule has 0 heterocycles. The lowest BCUT2D eigenvalue weighted by Gasteiger charge is -2.06. The first-order valence-corrected chi connectivity index (χ1v) is 6.37. The third-order valence-electron chi connectivity index (χ3n) is 2.49. The molecule has 1 rings (SSSR count). The van der Waals surface area contributed by atoms with Gasteiger partial charge in [0.2, 0.25) is 0 Å². The Morgan fingerprint density at radius 2 is 2.00 bits per heavy atom. The van der Waals surface area contributed by atoms with E-state index in [1.54, 1.807) is 6.92 Å². The Morgan fingerprint density at radius 3 is 2.60 bits per heavy atom. The smallest absolute Gasteiger partial charge is 0.132 e. The van der Waals surface area contributed by atoms with Crippen LogP contribution in [0.1, 0.15) is 26.7 Å². The van der Waals surface area contributed by atoms with Crippen molar-refractivity contribution in [2.75, 3.05) is 5.75 Å². The van der Waals surface area contributed by atoms with Gasteiger partial charge in [0.15, 0.2) is 0 Å². The fraction of sp³-hybridized carbons (Fsp3) is 0.462. The maximum atomic E-state index is 11.0. The fourth-order valence-corrected chi connectivity index (χ4v) is 2.20. The summed E-state index contributed by atoms with van der Waals surface area (Å²) in [5.41, 5.74) is 0. The van der Waals surface area contributed by atoms with Crippen LogP contribution in [0.25, 0.3) is 0 Å². The third-order valence-corrected chi connectivity index (χ3v) is 3.59. The Bertz CT molecular complexity index is 295. The molecule has 2 heteroatoms. The van der Waals surface area contributed by atoms with E-state index in [0.717, 1.165) is 18.6 Å². The summed E-state index contributed by atoms with van der Waals surface area (Å²) < 4.78 is 0. The van der Waals surface area contributed by atoms with E-state index >= 15 is 0 Å². The van der Waals surface area contributed by atoms with Crippen LogP contribution in [0.2, 0.25) is 0 Å². The molecule has 1 nitrogen and oxygen atoms in total. The standard InChI is InChI=1S/C13H18OS/c1-11(12(2)14)7-6-10-15-13-8-4-3-5-9-13/h3-5,8-9,11H,6-7,10H2,1-2H3. The summed E-state index contributed by atoms with van der Waals surface area (Å²) in [5, 5.41) is 0. The molecule has 1 unspecified atom stereocenters. The van der Waals surface area contributed by atoms with E-state index in [2.05, 4.69) is 24.3 Å². The number of benzene rings is 1. The first-order valence-electron chi connectivity index (χ1n) is 5.38. The van der Waals surface area contributed by atoms with Gasteiger partial charge < -0.3 is 0 Å². The second-order valence-electron chi connectivity index (χ2n) is 3.82. The summed E-state index contributed by atoms with van der Waals surface area (Å²) in [7, 11) is 0. The van der Waals surface area contributed by atoms with E-state index in [9.17, 15) is 4.79 Å². The minimum Gasteiger partial charge on any atom is -0.300 e. The van der Waals surface area contributed by atoms with Gasteiger partial charge in [0.1, 0.15) is 5.78 Å². The molecule has 0 bridgehead atoms. The zero-order valence-corrected chi connectivity index (χ0v) is 10.2. The maximum Gasteiger partial charge on any atom is 0.132 e. The highest BCUT2D eigenvalue weighted by molar-refractivity contribution is 7.99. The van der Waals surface area contributed by atoms with Gasteiger partial charge in [-0.05, 0) is 37.7 Å². The Labute approximate surface area is 96.3 Å². The van der Waals surface area contributed by atoms with Crippen LogP contribution in [-0.2, 0) is 4.79 Å². The largest absolute Gasteiger partial charge is 0.300 e. The Hall–Kier alpha value is -0.760. The molecular weight excluding hydrogens is 204 g/mol. The van der Waals surface area contributed by atoms with E-state index in [-0.39, 0.29) is 5.92 Å². The number of Topliss-reactive ketones (excluding diaryl/α,β-unsaturated/α-hetero) is 1. The summed E-state index contributed by atoms with van der Waals surface area (Å²) in [6, 6.07) is 10.4. The van der Waals surface area contributed by atoms with Gasteiger partial charge in [-0.15, -0.1) is 11.8 Å². The third kappa shape index (κ3) is 5.03. The van der Waals surface area contributed by atoms with Crippen molar-refractivity contribution in [2.24, 2.45) is 5.92 Å². The molecule has 0 aromatic heterocycles. The van der Waals surface area contributed by atoms with Crippen LogP contribution in [0.5, 0.6) is 0 Å². The summed E-state index contributed by atoms with van der Waals surface area (Å²) >= 11 is 1.86. The molecule has 0 radical (unpaired) electrons. The van der Waals surface area contributed by atoms with Gasteiger partial charge in [0.05, 0.1) is 0 Å². The van der Waals surface area contributed by atoms with Crippen molar-refractivity contribution < 1.29 is 4.79 Å². The van der Waals surface area contributed by atoms with Crippen LogP contribution in [0.15, 0.2) is 35.2 Å². The van der Waals surface area contributed by atoms with Gasteiger partial charge in [-0.25, -0.2) is 0 Å². The average Bonchev–Trinajstić information content (AvgIpc) is 2.25. The van der Waals surface area contributed by atoms with Crippen molar-refractivity contribution >= 4 is 17.5 Å². The molecule has 0 fully saturated rings. The van der Waals surface area contributed by atoms with Crippen molar-refractivity contribution in [1.82, 2.24) is 0 Å². The van der Waals surface area contributed by atoms with Crippen molar-refractivity contribution in [3.8, 4) is 0 Å². The van der Waals surface area contributed by atoms with E-state index in [1.165, 1.54) is 4.90 Å². The summed E-state index contributed by atoms with van der Waals surface area (Å²) in [6.45, 7) is 3.69. The van der Waals surface area contributed by atoms with E-state index in [0.29, 0.717) is 5.78 Å². The lowest BCUT2D eigenvalue weighted by molar-refractivity contribution is -0.120. The van der Waals surface area contributed by atoms with Gasteiger partial charge in [0, 0.05) is 10.8 Å². The lowest BCUT2D eigenvalue weighted by atomic mass is 10.0. The minimum atomic E-state index is 0.223. The first-order chi connectivity index (χ1) is 7.20. The van der Waals surface area contributed by atoms with E-state index in [4.69, 9.17) is 0 Å². The number of hydrogen-bond donors (Lipinski definition) is 0. The van der Waals surface area contributed by atoms with Crippen molar-refractivity contribution in [2.45, 2.75) is 31.6 Å². The van der Waals surface area contributed by atoms with Crippen LogP contribution in [0.4, 0.5) is 0 Å². The molecule has 0 aliphatic heterocycles. The Morgan fingerprint density at radius 1 is 1.33 bits per heavy atom. The maximum absolute atomic E-state index is 11.0. The van der Waals surface area contributed by atoms with Crippen molar-refractivity contribution in [1.29, 1.82) is 0 Å². The number of rotatable bonds is 6. The number of thioether (sulfide) groups is 1. The zero-order chi connectivity index (χ0) is 11.1. The summed E-state index contributed by atoms with van der Waals surface area (Å²) in [5.74, 6) is 1.63. The molecule has 1 aromatic rings. The predicted octanol–water partition coefficient (Wildman–Crippen LogP) is 3.78. The van der Waals surface area contributed by atoms with Crippen LogP contribution < -0.4 is 0 Å². The second kappa shape index (κ2) is 6.67. The molecule has 1 aromatic carbocycles. The normalized spacial score (nSPS) is 12.4. The molecule has 15 heavy (non-hydrogen) atoms. The highest BCUT2D eigenvalue weighted by Crippen LogP contribution is 2.19. The van der Waals surface area contributed by atoms with E-state index in [1.807, 2.05) is 24.8 Å². The predicted molar refractivity (Wildman–Crippen MR) is 66.2 cm³/mol. The number of carbonyl (C=O) groups is 1. The molecule has 1 atom stereocenters. The second-order valence-corrected chi connectivity index (χ2v) is 4.98. The van der Waals surface area contributed by atoms with Crippen molar-refractivity contribution in [3.05, 3.63) is 30.3 Å². The zero-order valence-electron chi connectivity index (χ0n) is 9.40. The average molecular weight is 222 g/mol. The van der Waals surface area contributed by atoms with Crippen molar-refractivity contribution in [3.63, 3.8) is 0 Å². The van der Waals surface area contributed by atoms with Gasteiger partial charge >= 0.3 is 0 Å².